The first-order valence-electron chi connectivity index (χ1n) is 9.76. The Morgan fingerprint density at radius 3 is 2.42 bits per heavy atom. The van der Waals surface area contributed by atoms with Gasteiger partial charge in [0.15, 0.2) is 0 Å². The molecule has 6 nitrogen and oxygen atoms in total. The molecule has 0 atom stereocenters. The first-order valence-corrected chi connectivity index (χ1v) is 10.1. The highest BCUT2D eigenvalue weighted by molar-refractivity contribution is 6.31. The highest BCUT2D eigenvalue weighted by atomic mass is 35.5. The second-order valence-corrected chi connectivity index (χ2v) is 8.53. The van der Waals surface area contributed by atoms with Gasteiger partial charge < -0.3 is 5.11 Å². The monoisotopic (exact) mass is 458 g/mol. The maximum Gasteiger partial charge on any atom is 0.408 e. The van der Waals surface area contributed by atoms with Crippen molar-refractivity contribution in [3.05, 3.63) is 65.6 Å². The van der Waals surface area contributed by atoms with Crippen molar-refractivity contribution in [3.8, 4) is 5.69 Å². The number of nitrogens with zero attached hydrogens (tertiary/aromatic N) is 4. The van der Waals surface area contributed by atoms with Gasteiger partial charge in [-0.2, -0.15) is 5.10 Å². The van der Waals surface area contributed by atoms with Crippen molar-refractivity contribution in [2.75, 3.05) is 0 Å². The minimum Gasteiger partial charge on any atom is -0.465 e. The summed E-state index contributed by atoms with van der Waals surface area (Å²) in [6.07, 6.45) is 2.45. The summed E-state index contributed by atoms with van der Waals surface area (Å²) < 4.78 is 1.85. The molecule has 2 aromatic heterocycles. The maximum atomic E-state index is 12.1. The minimum atomic E-state index is -0.982. The van der Waals surface area contributed by atoms with Crippen LogP contribution in [0.15, 0.2) is 54.9 Å². The average Bonchev–Trinajstić information content (AvgIpc) is 3.08. The van der Waals surface area contributed by atoms with Crippen molar-refractivity contribution in [3.63, 3.8) is 0 Å². The first-order chi connectivity index (χ1) is 14.2. The molecule has 0 bridgehead atoms. The van der Waals surface area contributed by atoms with Gasteiger partial charge >= 0.3 is 6.09 Å². The zero-order valence-electron chi connectivity index (χ0n) is 17.7. The minimum absolute atomic E-state index is 0. The number of amides is 1. The molecule has 2 aromatic carbocycles. The summed E-state index contributed by atoms with van der Waals surface area (Å²) in [7, 11) is 0. The molecular weight excluding hydrogens is 435 g/mol. The van der Waals surface area contributed by atoms with E-state index < -0.39 is 11.6 Å². The van der Waals surface area contributed by atoms with Crippen molar-refractivity contribution in [1.82, 2.24) is 19.7 Å². The largest absolute Gasteiger partial charge is 0.465 e. The average molecular weight is 459 g/mol. The fraction of sp³-hybridized carbons (Fsp3) is 0.261. The number of rotatable bonds is 4. The number of aromatic nitrogens is 3. The Bertz CT molecular complexity index is 1250. The smallest absolute Gasteiger partial charge is 0.408 e. The summed E-state index contributed by atoms with van der Waals surface area (Å²) in [5.41, 5.74) is 1.58. The summed E-state index contributed by atoms with van der Waals surface area (Å²) >= 11 is 6.22. The van der Waals surface area contributed by atoms with E-state index in [9.17, 15) is 9.90 Å². The van der Waals surface area contributed by atoms with E-state index in [1.54, 1.807) is 12.4 Å². The predicted octanol–water partition coefficient (Wildman–Crippen LogP) is 6.27. The Hall–Kier alpha value is -2.83. The van der Waals surface area contributed by atoms with Gasteiger partial charge in [-0.05, 0) is 68.8 Å². The van der Waals surface area contributed by atoms with Crippen molar-refractivity contribution < 1.29 is 9.90 Å². The van der Waals surface area contributed by atoms with Gasteiger partial charge in [0.2, 0.25) is 0 Å². The Balaban J connectivity index is 0.00000272. The Labute approximate surface area is 191 Å². The molecule has 8 heteroatoms. The van der Waals surface area contributed by atoms with E-state index in [2.05, 4.69) is 4.98 Å². The van der Waals surface area contributed by atoms with Crippen LogP contribution in [0.5, 0.6) is 0 Å². The molecule has 4 rings (SSSR count). The van der Waals surface area contributed by atoms with Gasteiger partial charge in [-0.1, -0.05) is 23.7 Å². The number of hydrogen-bond donors (Lipinski definition) is 1. The molecular formula is C23H24Cl2N4O2. The molecule has 0 saturated carbocycles. The third-order valence-electron chi connectivity index (χ3n) is 5.44. The fourth-order valence-corrected chi connectivity index (χ4v) is 4.43. The van der Waals surface area contributed by atoms with Gasteiger partial charge in [-0.25, -0.2) is 9.48 Å². The lowest BCUT2D eigenvalue weighted by Crippen LogP contribution is -2.49. The van der Waals surface area contributed by atoms with Gasteiger partial charge in [0.25, 0.3) is 0 Å². The molecule has 0 aliphatic rings. The molecule has 0 unspecified atom stereocenters. The zero-order chi connectivity index (χ0) is 21.6. The van der Waals surface area contributed by atoms with Crippen LogP contribution in [0.2, 0.25) is 5.02 Å². The lowest BCUT2D eigenvalue weighted by molar-refractivity contribution is 0.0692. The molecule has 0 radical (unpaired) electrons. The van der Waals surface area contributed by atoms with Crippen LogP contribution >= 0.6 is 24.0 Å². The van der Waals surface area contributed by atoms with Crippen LogP contribution in [0.1, 0.15) is 33.4 Å². The third kappa shape index (κ3) is 3.82. The normalized spacial score (nSPS) is 11.7. The summed E-state index contributed by atoms with van der Waals surface area (Å²) in [5.74, 6) is 0. The number of benzene rings is 2. The summed E-state index contributed by atoms with van der Waals surface area (Å²) in [6.45, 7) is 7.54. The van der Waals surface area contributed by atoms with Gasteiger partial charge in [0.05, 0.1) is 22.4 Å². The van der Waals surface area contributed by atoms with Gasteiger partial charge in [0.1, 0.15) is 0 Å². The number of halogens is 2. The lowest BCUT2D eigenvalue weighted by atomic mass is 9.92. The molecule has 162 valence electrons. The molecule has 2 heterocycles. The Morgan fingerprint density at radius 1 is 1.13 bits per heavy atom. The van der Waals surface area contributed by atoms with Crippen LogP contribution < -0.4 is 0 Å². The number of pyridine rings is 1. The maximum absolute atomic E-state index is 12.1. The van der Waals surface area contributed by atoms with Crippen LogP contribution in [-0.2, 0) is 5.54 Å². The van der Waals surface area contributed by atoms with Gasteiger partial charge in [0, 0.05) is 28.8 Å². The standard InChI is InChI=1S/C23H23ClN4O2.ClH/c1-14(2)27(22(29)30)23(3,4)21-20-18-7-6-16(24)13-15(18)5-8-19(20)28(26-21)17-9-11-25-12-10-17;/h5-14H,1-4H3,(H,29,30);1H. The van der Waals surface area contributed by atoms with E-state index >= 15 is 0 Å². The van der Waals surface area contributed by atoms with E-state index in [1.165, 1.54) is 4.90 Å². The molecule has 0 spiro atoms. The Kier molecular flexibility index (Phi) is 6.16. The molecule has 0 aliphatic carbocycles. The van der Waals surface area contributed by atoms with E-state index in [0.717, 1.165) is 27.4 Å². The number of carbonyl (C=O) groups is 1. The quantitative estimate of drug-likeness (QED) is 0.390. The van der Waals surface area contributed by atoms with Crippen LogP contribution in [0, 0.1) is 0 Å². The number of fused-ring (bicyclic) bond motifs is 3. The van der Waals surface area contributed by atoms with Gasteiger partial charge in [-0.3, -0.25) is 9.88 Å². The van der Waals surface area contributed by atoms with Crippen LogP contribution in [0.25, 0.3) is 27.4 Å². The van der Waals surface area contributed by atoms with E-state index in [0.29, 0.717) is 10.7 Å². The van der Waals surface area contributed by atoms with Crippen LogP contribution in [0.3, 0.4) is 0 Å². The molecule has 1 amide bonds. The van der Waals surface area contributed by atoms with E-state index in [1.807, 2.05) is 74.8 Å². The van der Waals surface area contributed by atoms with Crippen molar-refractivity contribution >= 4 is 51.8 Å². The van der Waals surface area contributed by atoms with E-state index in [-0.39, 0.29) is 18.4 Å². The molecule has 0 aliphatic heterocycles. The SMILES string of the molecule is CC(C)N(C(=O)O)C(C)(C)c1nn(-c2ccncc2)c2ccc3cc(Cl)ccc3c12.Cl. The molecule has 0 saturated heterocycles. The zero-order valence-corrected chi connectivity index (χ0v) is 19.3. The fourth-order valence-electron chi connectivity index (χ4n) is 4.25. The van der Waals surface area contributed by atoms with Gasteiger partial charge in [-0.15, -0.1) is 12.4 Å². The second kappa shape index (κ2) is 8.36. The van der Waals surface area contributed by atoms with Crippen LogP contribution in [0.4, 0.5) is 4.79 Å². The highest BCUT2D eigenvalue weighted by Crippen LogP contribution is 2.39. The second-order valence-electron chi connectivity index (χ2n) is 8.10. The molecule has 4 aromatic rings. The molecule has 31 heavy (non-hydrogen) atoms. The van der Waals surface area contributed by atoms with Crippen molar-refractivity contribution in [2.45, 2.75) is 39.3 Å². The van der Waals surface area contributed by atoms with E-state index in [4.69, 9.17) is 16.7 Å². The Morgan fingerprint density at radius 2 is 1.81 bits per heavy atom. The first kappa shape index (κ1) is 22.8. The summed E-state index contributed by atoms with van der Waals surface area (Å²) in [6, 6.07) is 13.3. The predicted molar refractivity (Wildman–Crippen MR) is 127 cm³/mol. The number of carboxylic acid groups (broad SMARTS) is 1. The van der Waals surface area contributed by atoms with Crippen LogP contribution in [-0.4, -0.2) is 36.9 Å². The van der Waals surface area contributed by atoms with Crippen molar-refractivity contribution in [1.29, 1.82) is 0 Å². The summed E-state index contributed by atoms with van der Waals surface area (Å²) in [5, 5.41) is 18.4. The lowest BCUT2D eigenvalue weighted by Gasteiger charge is -2.38. The summed E-state index contributed by atoms with van der Waals surface area (Å²) in [4.78, 5) is 17.7. The van der Waals surface area contributed by atoms with Crippen molar-refractivity contribution in [2.24, 2.45) is 0 Å². The molecule has 1 N–H and O–H groups in total. The molecule has 0 fully saturated rings. The highest BCUT2D eigenvalue weighted by Gasteiger charge is 2.39. The number of hydrogen-bond acceptors (Lipinski definition) is 3. The third-order valence-corrected chi connectivity index (χ3v) is 5.67. The topological polar surface area (TPSA) is 71.2 Å².